The summed E-state index contributed by atoms with van der Waals surface area (Å²) in [6, 6.07) is 69.5. The van der Waals surface area contributed by atoms with Crippen LogP contribution in [0.5, 0.6) is 0 Å². The van der Waals surface area contributed by atoms with E-state index >= 15 is 0 Å². The van der Waals surface area contributed by atoms with Gasteiger partial charge in [-0.2, -0.15) is 0 Å². The molecule has 0 aliphatic heterocycles. The Morgan fingerprint density at radius 3 is 1.19 bits per heavy atom. The molecule has 0 atom stereocenters. The molecule has 2 N–H and O–H groups in total. The van der Waals surface area contributed by atoms with E-state index in [0.29, 0.717) is 24.3 Å². The van der Waals surface area contributed by atoms with Crippen molar-refractivity contribution in [1.82, 2.24) is 87.2 Å². The average molecular weight is 1600 g/mol. The molecule has 0 amide bonds. The van der Waals surface area contributed by atoms with Crippen molar-refractivity contribution in [2.75, 3.05) is 5.73 Å². The molecule has 21 rings (SSSR count). The number of anilines is 1. The van der Waals surface area contributed by atoms with Gasteiger partial charge in [-0.05, 0) is 135 Å². The summed E-state index contributed by atoms with van der Waals surface area (Å²) in [6.45, 7) is 4.58. The minimum atomic E-state index is -0.252. The van der Waals surface area contributed by atoms with Crippen LogP contribution in [0.2, 0.25) is 0 Å². The molecule has 24 heteroatoms. The predicted molar refractivity (Wildman–Crippen MR) is 466 cm³/mol. The first kappa shape index (κ1) is 78.0. The van der Waals surface area contributed by atoms with Gasteiger partial charge < -0.3 is 46.4 Å². The van der Waals surface area contributed by atoms with Gasteiger partial charge in [0, 0.05) is 199 Å². The molecule has 5 aromatic carbocycles. The molecular formula is C96H78FN19O3S. The number of nitrogens with zero attached hydrogens (tertiary/aromatic N) is 18. The second-order valence-corrected chi connectivity index (χ2v) is 28.5. The molecule has 120 heavy (non-hydrogen) atoms. The summed E-state index contributed by atoms with van der Waals surface area (Å²) in [5, 5.41) is 5.93. The highest BCUT2D eigenvalue weighted by Crippen LogP contribution is 2.35. The maximum atomic E-state index is 13.6. The van der Waals surface area contributed by atoms with E-state index in [9.17, 15) is 4.39 Å². The standard InChI is InChI=1S/C19H15N3.C17H13N3O2.C17H13N3S.C15H12FN3.C15H14N4.C13H11N3O/c1-2-6-17-16(4-1)5-3-7-18(17)19-9-8-15(12-21-19)13-22-11-10-20-14-22;1-3-15(21-7-1)14-9-13(11-20-6-5-18-12-20)10-19-17(14)16-4-2-8-22-16;1-2-4-17-14(3-1)15(11-21-17)16-6-5-13(9-19-16)10-20-8-7-18-12-20;2*16-14-4-2-1-3-13(14)15-6-5-12(9-18-15)10-19-8-7-17-11-19;1-2-13(12-3-6-17-9-12)15-7-11(1)8-16-5-4-14-10-16/h1-12,14H,13H2;1-10,12H,11H2;1-9,11-12H,10H2;1-9,11H,10H2;1-9,11H,10,16H2;1-7,9-10H,8H2. The van der Waals surface area contributed by atoms with E-state index in [1.807, 2.05) is 187 Å². The summed E-state index contributed by atoms with van der Waals surface area (Å²) < 4.78 is 43.0. The number of rotatable bonds is 19. The Balaban J connectivity index is 0.000000107. The average Bonchev–Trinajstić information content (AvgIpc) is 1.76. The van der Waals surface area contributed by atoms with Crippen LogP contribution in [-0.2, 0) is 39.3 Å². The van der Waals surface area contributed by atoms with Crippen molar-refractivity contribution in [2.24, 2.45) is 0 Å². The summed E-state index contributed by atoms with van der Waals surface area (Å²) in [5.41, 5.74) is 24.5. The number of thiophene rings is 1. The second-order valence-electron chi connectivity index (χ2n) is 27.6. The zero-order valence-electron chi connectivity index (χ0n) is 64.8. The van der Waals surface area contributed by atoms with Crippen LogP contribution in [0.1, 0.15) is 33.4 Å². The van der Waals surface area contributed by atoms with Crippen LogP contribution < -0.4 is 5.73 Å². The first-order valence-electron chi connectivity index (χ1n) is 38.4. The van der Waals surface area contributed by atoms with Crippen LogP contribution in [-0.4, -0.2) is 87.2 Å². The Bertz CT molecular complexity index is 6440. The fourth-order valence-corrected chi connectivity index (χ4v) is 14.2. The van der Waals surface area contributed by atoms with Crippen molar-refractivity contribution in [2.45, 2.75) is 39.3 Å². The van der Waals surface area contributed by atoms with E-state index < -0.39 is 0 Å². The molecule has 0 unspecified atom stereocenters. The molecular weight excluding hydrogens is 1520 g/mol. The van der Waals surface area contributed by atoms with E-state index in [0.717, 1.165) is 111 Å². The van der Waals surface area contributed by atoms with Crippen LogP contribution in [0.25, 0.3) is 99.9 Å². The highest BCUT2D eigenvalue weighted by Gasteiger charge is 2.16. The topological polar surface area (TPSA) is 250 Å². The van der Waals surface area contributed by atoms with Crippen LogP contribution in [0, 0.1) is 5.82 Å². The third-order valence-corrected chi connectivity index (χ3v) is 20.1. The van der Waals surface area contributed by atoms with Gasteiger partial charge in [-0.3, -0.25) is 29.9 Å². The summed E-state index contributed by atoms with van der Waals surface area (Å²) in [6.07, 6.45) is 50.9. The van der Waals surface area contributed by atoms with Crippen LogP contribution in [0.3, 0.4) is 0 Å². The number of imidazole rings is 6. The zero-order chi connectivity index (χ0) is 81.3. The molecule has 0 spiro atoms. The van der Waals surface area contributed by atoms with E-state index in [2.05, 4.69) is 174 Å². The molecule has 16 heterocycles. The highest BCUT2D eigenvalue weighted by molar-refractivity contribution is 7.17. The van der Waals surface area contributed by atoms with Crippen LogP contribution in [0.4, 0.5) is 10.1 Å². The lowest BCUT2D eigenvalue weighted by atomic mass is 10.0. The zero-order valence-corrected chi connectivity index (χ0v) is 65.6. The molecule has 0 bridgehead atoms. The quantitative estimate of drug-likeness (QED) is 0.0739. The normalized spacial score (nSPS) is 10.8. The third kappa shape index (κ3) is 20.6. The largest absolute Gasteiger partial charge is 0.472 e. The molecule has 0 aliphatic carbocycles. The maximum Gasteiger partial charge on any atom is 0.152 e. The molecule has 16 aromatic heterocycles. The van der Waals surface area contributed by atoms with Gasteiger partial charge in [-0.15, -0.1) is 11.3 Å². The van der Waals surface area contributed by atoms with E-state index in [-0.39, 0.29) is 5.82 Å². The Kier molecular flexibility index (Phi) is 25.3. The Morgan fingerprint density at radius 1 is 0.325 bits per heavy atom. The number of nitrogens with two attached hydrogens (primary N) is 1. The lowest BCUT2D eigenvalue weighted by molar-refractivity contribution is 0.568. The Hall–Kier alpha value is -16.0. The molecule has 21 aromatic rings. The monoisotopic (exact) mass is 1600 g/mol. The maximum absolute atomic E-state index is 13.6. The fourth-order valence-electron chi connectivity index (χ4n) is 13.2. The van der Waals surface area contributed by atoms with Gasteiger partial charge in [-0.25, -0.2) is 34.3 Å². The molecule has 0 aliphatic rings. The molecule has 0 saturated carbocycles. The van der Waals surface area contributed by atoms with E-state index in [4.69, 9.17) is 19.0 Å². The SMILES string of the molecule is Fc1ccccc1-c1ccc(Cn2ccnc2)cn1.Nc1ccccc1-c1ccc(Cn2ccnc2)cn1.c1ccc2c(-c3ccc(Cn4ccnc4)cn3)cccc2c1.c1ccc2c(-c3ccc(Cn4ccnc4)cn3)csc2c1.c1cn(Cc2ccc(-c3ccoc3)nc2)cn1.c1coc(-c2cc(Cn3ccnc3)cnc2-c2ccco2)c1. The second kappa shape index (κ2) is 38.9. The van der Waals surface area contributed by atoms with Gasteiger partial charge in [-0.1, -0.05) is 121 Å². The van der Waals surface area contributed by atoms with E-state index in [1.165, 1.54) is 49.2 Å². The first-order chi connectivity index (χ1) is 59.3. The van der Waals surface area contributed by atoms with Gasteiger partial charge >= 0.3 is 0 Å². The lowest BCUT2D eigenvalue weighted by Gasteiger charge is -2.08. The number of aromatic nitrogens is 18. The number of nitrogen functional groups attached to an aromatic ring is 1. The fraction of sp³-hybridized carbons (Fsp3) is 0.0625. The van der Waals surface area contributed by atoms with Crippen molar-refractivity contribution in [3.8, 4) is 79.1 Å². The number of pyridine rings is 6. The van der Waals surface area contributed by atoms with E-state index in [1.54, 1.807) is 123 Å². The Morgan fingerprint density at radius 2 is 0.733 bits per heavy atom. The van der Waals surface area contributed by atoms with Crippen molar-refractivity contribution >= 4 is 37.9 Å². The number of benzene rings is 5. The van der Waals surface area contributed by atoms with Crippen LogP contribution in [0.15, 0.2) is 406 Å². The molecule has 0 radical (unpaired) electrons. The van der Waals surface area contributed by atoms with Crippen LogP contribution >= 0.6 is 11.3 Å². The minimum Gasteiger partial charge on any atom is -0.472 e. The van der Waals surface area contributed by atoms with Gasteiger partial charge in [0.05, 0.1) is 98.0 Å². The summed E-state index contributed by atoms with van der Waals surface area (Å²) in [7, 11) is 0. The van der Waals surface area contributed by atoms with Gasteiger partial charge in [0.15, 0.2) is 5.76 Å². The molecule has 22 nitrogen and oxygen atoms in total. The van der Waals surface area contributed by atoms with Crippen molar-refractivity contribution in [3.63, 3.8) is 0 Å². The summed E-state index contributed by atoms with van der Waals surface area (Å²) >= 11 is 1.76. The Labute approximate surface area is 694 Å². The third-order valence-electron chi connectivity index (χ3n) is 19.2. The molecule has 588 valence electrons. The van der Waals surface area contributed by atoms with Crippen molar-refractivity contribution < 1.29 is 17.6 Å². The number of para-hydroxylation sites is 1. The van der Waals surface area contributed by atoms with Crippen molar-refractivity contribution in [1.29, 1.82) is 0 Å². The number of furan rings is 3. The number of hydrogen-bond donors (Lipinski definition) is 1. The molecule has 0 saturated heterocycles. The van der Waals surface area contributed by atoms with Gasteiger partial charge in [0.2, 0.25) is 0 Å². The summed E-state index contributed by atoms with van der Waals surface area (Å²) in [5.74, 6) is 1.24. The van der Waals surface area contributed by atoms with Crippen molar-refractivity contribution in [3.05, 3.63) is 431 Å². The summed E-state index contributed by atoms with van der Waals surface area (Å²) in [4.78, 5) is 51.2. The lowest BCUT2D eigenvalue weighted by Crippen LogP contribution is -1.99. The molecule has 0 fully saturated rings. The smallest absolute Gasteiger partial charge is 0.152 e. The number of halogens is 1. The minimum absolute atomic E-state index is 0.252. The predicted octanol–water partition coefficient (Wildman–Crippen LogP) is 20.5. The van der Waals surface area contributed by atoms with Gasteiger partial charge in [0.1, 0.15) is 17.3 Å². The number of hydrogen-bond acceptors (Lipinski definition) is 17. The highest BCUT2D eigenvalue weighted by atomic mass is 32.1. The number of fused-ring (bicyclic) bond motifs is 2. The first-order valence-corrected chi connectivity index (χ1v) is 39.3. The van der Waals surface area contributed by atoms with Gasteiger partial charge in [0.25, 0.3) is 0 Å².